The van der Waals surface area contributed by atoms with Crippen molar-refractivity contribution >= 4 is 6.03 Å². The molecule has 1 atom stereocenters. The number of benzene rings is 2. The van der Waals surface area contributed by atoms with Crippen LogP contribution < -0.4 is 24.8 Å². The van der Waals surface area contributed by atoms with Gasteiger partial charge in [-0.2, -0.15) is 0 Å². The Morgan fingerprint density at radius 3 is 2.33 bits per heavy atom. The molecule has 0 aliphatic rings. The maximum atomic E-state index is 12.7. The molecule has 1 unspecified atom stereocenters. The zero-order chi connectivity index (χ0) is 21.5. The predicted octanol–water partition coefficient (Wildman–Crippen LogP) is 3.03. The van der Waals surface area contributed by atoms with Gasteiger partial charge in [-0.1, -0.05) is 12.1 Å². The van der Waals surface area contributed by atoms with Crippen molar-refractivity contribution in [2.45, 2.75) is 12.6 Å². The van der Waals surface area contributed by atoms with Crippen LogP contribution in [-0.2, 0) is 13.6 Å². The Bertz CT molecular complexity index is 980. The van der Waals surface area contributed by atoms with E-state index in [0.717, 1.165) is 16.9 Å². The summed E-state index contributed by atoms with van der Waals surface area (Å²) in [6, 6.07) is 12.2. The Morgan fingerprint density at radius 2 is 1.73 bits per heavy atom. The van der Waals surface area contributed by atoms with Crippen molar-refractivity contribution < 1.29 is 19.0 Å². The van der Waals surface area contributed by atoms with Crippen molar-refractivity contribution in [3.8, 4) is 17.2 Å². The number of nitrogens with zero attached hydrogens (tertiary/aromatic N) is 2. The third-order valence-electron chi connectivity index (χ3n) is 4.69. The highest BCUT2D eigenvalue weighted by atomic mass is 16.5. The third kappa shape index (κ3) is 5.02. The number of hydrogen-bond donors (Lipinski definition) is 2. The van der Waals surface area contributed by atoms with E-state index in [2.05, 4.69) is 15.6 Å². The Morgan fingerprint density at radius 1 is 1.03 bits per heavy atom. The number of aromatic nitrogens is 2. The monoisotopic (exact) mass is 410 g/mol. The third-order valence-corrected chi connectivity index (χ3v) is 4.69. The summed E-state index contributed by atoms with van der Waals surface area (Å²) in [5, 5.41) is 5.89. The minimum atomic E-state index is -0.501. The van der Waals surface area contributed by atoms with Crippen molar-refractivity contribution in [2.75, 3.05) is 21.3 Å². The highest BCUT2D eigenvalue weighted by Gasteiger charge is 2.22. The Labute approximate surface area is 175 Å². The first-order valence-electron chi connectivity index (χ1n) is 9.41. The number of amides is 2. The molecule has 2 aromatic carbocycles. The normalized spacial score (nSPS) is 11.5. The molecule has 1 aromatic heterocycles. The smallest absolute Gasteiger partial charge is 0.315 e. The Hall–Kier alpha value is -3.68. The fraction of sp³-hybridized carbons (Fsp3) is 0.273. The lowest BCUT2D eigenvalue weighted by atomic mass is 10.1. The second-order valence-electron chi connectivity index (χ2n) is 6.65. The van der Waals surface area contributed by atoms with Gasteiger partial charge in [-0.15, -0.1) is 0 Å². The number of ether oxygens (including phenoxy) is 3. The average Bonchev–Trinajstić information content (AvgIpc) is 3.21. The van der Waals surface area contributed by atoms with E-state index in [1.165, 1.54) is 0 Å². The minimum absolute atomic E-state index is 0.326. The second-order valence-corrected chi connectivity index (χ2v) is 6.65. The molecule has 2 N–H and O–H groups in total. The molecule has 0 bridgehead atoms. The van der Waals surface area contributed by atoms with Crippen LogP contribution in [0.1, 0.15) is 23.0 Å². The average molecular weight is 410 g/mol. The molecule has 8 heteroatoms. The van der Waals surface area contributed by atoms with E-state index in [9.17, 15) is 4.79 Å². The Balaban J connectivity index is 1.81. The molecule has 8 nitrogen and oxygen atoms in total. The van der Waals surface area contributed by atoms with Gasteiger partial charge in [-0.25, -0.2) is 9.78 Å². The Kier molecular flexibility index (Phi) is 6.79. The van der Waals surface area contributed by atoms with Crippen LogP contribution in [0.15, 0.2) is 54.9 Å². The van der Waals surface area contributed by atoms with Gasteiger partial charge in [0, 0.05) is 32.1 Å². The number of methoxy groups -OCH3 is 3. The SMILES string of the molecule is COc1cccc(CNC(=O)NC(c2cc(OC)cc(OC)c2)c2nccn2C)c1. The summed E-state index contributed by atoms with van der Waals surface area (Å²) in [5.74, 6) is 2.68. The zero-order valence-electron chi connectivity index (χ0n) is 17.5. The van der Waals surface area contributed by atoms with E-state index in [4.69, 9.17) is 14.2 Å². The van der Waals surface area contributed by atoms with Crippen LogP contribution in [0.5, 0.6) is 17.2 Å². The van der Waals surface area contributed by atoms with Crippen molar-refractivity contribution in [3.63, 3.8) is 0 Å². The van der Waals surface area contributed by atoms with Crippen LogP contribution in [0, 0.1) is 0 Å². The molecule has 0 fully saturated rings. The highest BCUT2D eigenvalue weighted by Crippen LogP contribution is 2.29. The zero-order valence-corrected chi connectivity index (χ0v) is 17.5. The van der Waals surface area contributed by atoms with Gasteiger partial charge >= 0.3 is 6.03 Å². The maximum Gasteiger partial charge on any atom is 0.315 e. The van der Waals surface area contributed by atoms with E-state index in [1.807, 2.05) is 54.2 Å². The van der Waals surface area contributed by atoms with Crippen molar-refractivity contribution in [2.24, 2.45) is 7.05 Å². The molecule has 3 aromatic rings. The van der Waals surface area contributed by atoms with Crippen molar-refractivity contribution in [1.29, 1.82) is 0 Å². The van der Waals surface area contributed by atoms with Gasteiger partial charge < -0.3 is 29.4 Å². The maximum absolute atomic E-state index is 12.7. The second kappa shape index (κ2) is 9.69. The summed E-state index contributed by atoms with van der Waals surface area (Å²) in [6.07, 6.45) is 3.52. The standard InChI is InChI=1S/C22H26N4O4/c1-26-9-8-23-21(26)20(16-11-18(29-3)13-19(12-16)30-4)25-22(27)24-14-15-6-5-7-17(10-15)28-2/h5-13,20H,14H2,1-4H3,(H2,24,25,27). The highest BCUT2D eigenvalue weighted by molar-refractivity contribution is 5.75. The number of aryl methyl sites for hydroxylation is 1. The molecule has 1 heterocycles. The number of rotatable bonds is 8. The number of nitrogens with one attached hydrogen (secondary N) is 2. The van der Waals surface area contributed by atoms with E-state index < -0.39 is 6.04 Å². The van der Waals surface area contributed by atoms with Gasteiger partial charge in [0.05, 0.1) is 21.3 Å². The summed E-state index contributed by atoms with van der Waals surface area (Å²) in [7, 11) is 6.66. The first-order chi connectivity index (χ1) is 14.5. The molecule has 0 saturated heterocycles. The van der Waals surface area contributed by atoms with Crippen LogP contribution >= 0.6 is 0 Å². The van der Waals surface area contributed by atoms with Crippen molar-refractivity contribution in [3.05, 3.63) is 71.8 Å². The molecule has 30 heavy (non-hydrogen) atoms. The largest absolute Gasteiger partial charge is 0.497 e. The van der Waals surface area contributed by atoms with Crippen molar-refractivity contribution in [1.82, 2.24) is 20.2 Å². The summed E-state index contributed by atoms with van der Waals surface area (Å²) >= 11 is 0. The lowest BCUT2D eigenvalue weighted by molar-refractivity contribution is 0.237. The van der Waals surface area contributed by atoms with Gasteiger partial charge in [0.15, 0.2) is 0 Å². The fourth-order valence-corrected chi connectivity index (χ4v) is 3.10. The number of hydrogen-bond acceptors (Lipinski definition) is 5. The fourth-order valence-electron chi connectivity index (χ4n) is 3.10. The molecule has 2 amide bonds. The molecule has 158 valence electrons. The molecular weight excluding hydrogens is 384 g/mol. The molecule has 0 radical (unpaired) electrons. The first kappa shape index (κ1) is 21.0. The van der Waals surface area contributed by atoms with Gasteiger partial charge in [-0.3, -0.25) is 0 Å². The number of imidazole rings is 1. The number of urea groups is 1. The summed E-state index contributed by atoms with van der Waals surface area (Å²) < 4.78 is 17.8. The van der Waals surface area contributed by atoms with Crippen LogP contribution in [0.25, 0.3) is 0 Å². The molecule has 0 spiro atoms. The van der Waals surface area contributed by atoms with Gasteiger partial charge in [0.25, 0.3) is 0 Å². The van der Waals surface area contributed by atoms with Crippen LogP contribution in [0.4, 0.5) is 4.79 Å². The predicted molar refractivity (Wildman–Crippen MR) is 113 cm³/mol. The van der Waals surface area contributed by atoms with E-state index in [-0.39, 0.29) is 6.03 Å². The lowest BCUT2D eigenvalue weighted by Crippen LogP contribution is -2.39. The topological polar surface area (TPSA) is 86.6 Å². The van der Waals surface area contributed by atoms with E-state index in [1.54, 1.807) is 33.6 Å². The lowest BCUT2D eigenvalue weighted by Gasteiger charge is -2.21. The van der Waals surface area contributed by atoms with Crippen LogP contribution in [-0.4, -0.2) is 36.9 Å². The molecule has 0 aliphatic carbocycles. The van der Waals surface area contributed by atoms with E-state index in [0.29, 0.717) is 23.9 Å². The molecule has 0 aliphatic heterocycles. The van der Waals surface area contributed by atoms with Gasteiger partial charge in [-0.05, 0) is 35.4 Å². The summed E-state index contributed by atoms with van der Waals surface area (Å²) in [4.78, 5) is 17.1. The van der Waals surface area contributed by atoms with Crippen LogP contribution in [0.3, 0.4) is 0 Å². The molecule has 3 rings (SSSR count). The van der Waals surface area contributed by atoms with E-state index >= 15 is 0 Å². The first-order valence-corrected chi connectivity index (χ1v) is 9.41. The number of carbonyl (C=O) groups excluding carboxylic acids is 1. The quantitative estimate of drug-likeness (QED) is 0.596. The molecular formula is C22H26N4O4. The van der Waals surface area contributed by atoms with Crippen LogP contribution in [0.2, 0.25) is 0 Å². The summed E-state index contributed by atoms with van der Waals surface area (Å²) in [5.41, 5.74) is 1.72. The summed E-state index contributed by atoms with van der Waals surface area (Å²) in [6.45, 7) is 0.359. The minimum Gasteiger partial charge on any atom is -0.497 e. The number of carbonyl (C=O) groups is 1. The molecule has 0 saturated carbocycles. The van der Waals surface area contributed by atoms with Gasteiger partial charge in [0.2, 0.25) is 0 Å². The van der Waals surface area contributed by atoms with Gasteiger partial charge in [0.1, 0.15) is 29.1 Å².